The number of rotatable bonds is 2. The van der Waals surface area contributed by atoms with Crippen molar-refractivity contribution in [1.29, 1.82) is 0 Å². The fourth-order valence-electron chi connectivity index (χ4n) is 1.90. The predicted octanol–water partition coefficient (Wildman–Crippen LogP) is 1.46. The zero-order chi connectivity index (χ0) is 12.0. The molecule has 1 amide bonds. The number of aliphatic carboxylic acids is 1. The van der Waals surface area contributed by atoms with E-state index in [1.54, 1.807) is 24.0 Å². The van der Waals surface area contributed by atoms with Gasteiger partial charge in [-0.25, -0.2) is 9.78 Å². The molecule has 17 heavy (non-hydrogen) atoms. The molecule has 0 aromatic carbocycles. The van der Waals surface area contributed by atoms with E-state index in [-0.39, 0.29) is 22.2 Å². The van der Waals surface area contributed by atoms with Crippen molar-refractivity contribution in [2.24, 2.45) is 0 Å². The minimum atomic E-state index is -1.05. The molecule has 1 saturated heterocycles. The lowest BCUT2D eigenvalue weighted by molar-refractivity contribution is -0.146. The fraction of sp³-hybridized carbons (Fsp3) is 0.300. The largest absolute Gasteiger partial charge is 0.477 e. The van der Waals surface area contributed by atoms with Crippen LogP contribution in [0.3, 0.4) is 0 Å². The number of carboxylic acids is 1. The third-order valence-electron chi connectivity index (χ3n) is 2.69. The molecule has 3 heterocycles. The first kappa shape index (κ1) is 10.8. The smallest absolute Gasteiger partial charge is 0.352 e. The van der Waals surface area contributed by atoms with Gasteiger partial charge in [-0.3, -0.25) is 9.69 Å². The summed E-state index contributed by atoms with van der Waals surface area (Å²) in [6.07, 6.45) is 3.73. The van der Waals surface area contributed by atoms with Crippen LogP contribution in [0.15, 0.2) is 23.3 Å². The van der Waals surface area contributed by atoms with Gasteiger partial charge < -0.3 is 5.11 Å². The highest BCUT2D eigenvalue weighted by molar-refractivity contribution is 8.00. The highest BCUT2D eigenvalue weighted by Gasteiger charge is 2.45. The standard InChI is InChI=1S/C10H8N2O3S2/c13-7-4-8-12(7)5(10(14)15)3-6(17-8)9-11-1-2-16-9/h1-3,6,8H,4H2,(H,14,15)/t6?,8-/m1/s1. The first-order valence-corrected chi connectivity index (χ1v) is 6.81. The Labute approximate surface area is 105 Å². The zero-order valence-corrected chi connectivity index (χ0v) is 10.2. The number of nitrogens with zero attached hydrogens (tertiary/aromatic N) is 2. The summed E-state index contributed by atoms with van der Waals surface area (Å²) in [4.78, 5) is 28.0. The summed E-state index contributed by atoms with van der Waals surface area (Å²) in [5, 5.41) is 11.7. The molecular formula is C10H8N2O3S2. The van der Waals surface area contributed by atoms with Crippen molar-refractivity contribution in [3.63, 3.8) is 0 Å². The lowest BCUT2D eigenvalue weighted by Gasteiger charge is -2.44. The molecule has 3 rings (SSSR count). The molecule has 1 fully saturated rings. The van der Waals surface area contributed by atoms with Crippen LogP contribution < -0.4 is 0 Å². The van der Waals surface area contributed by atoms with Crippen LogP contribution in [-0.2, 0) is 9.59 Å². The van der Waals surface area contributed by atoms with E-state index in [1.807, 2.05) is 5.38 Å². The van der Waals surface area contributed by atoms with E-state index < -0.39 is 5.97 Å². The molecule has 0 saturated carbocycles. The molecule has 0 aliphatic carbocycles. The van der Waals surface area contributed by atoms with Crippen LogP contribution in [0.2, 0.25) is 0 Å². The van der Waals surface area contributed by atoms with Gasteiger partial charge in [0.05, 0.1) is 17.0 Å². The molecule has 2 atom stereocenters. The Balaban J connectivity index is 1.97. The Morgan fingerprint density at radius 3 is 3.00 bits per heavy atom. The molecule has 1 unspecified atom stereocenters. The van der Waals surface area contributed by atoms with Crippen molar-refractivity contribution in [2.45, 2.75) is 17.0 Å². The van der Waals surface area contributed by atoms with Gasteiger partial charge in [0.25, 0.3) is 0 Å². The number of aromatic nitrogens is 1. The average molecular weight is 268 g/mol. The van der Waals surface area contributed by atoms with Crippen molar-refractivity contribution in [2.75, 3.05) is 0 Å². The number of hydrogen-bond donors (Lipinski definition) is 1. The number of amides is 1. The first-order valence-electron chi connectivity index (χ1n) is 4.99. The third kappa shape index (κ3) is 1.66. The highest BCUT2D eigenvalue weighted by Crippen LogP contribution is 2.47. The summed E-state index contributed by atoms with van der Waals surface area (Å²) in [5.41, 5.74) is 0.0881. The molecule has 7 heteroatoms. The van der Waals surface area contributed by atoms with Gasteiger partial charge in [-0.15, -0.1) is 23.1 Å². The van der Waals surface area contributed by atoms with Crippen LogP contribution in [0.1, 0.15) is 16.7 Å². The predicted molar refractivity (Wildman–Crippen MR) is 63.4 cm³/mol. The summed E-state index contributed by atoms with van der Waals surface area (Å²) in [6, 6.07) is 0. The van der Waals surface area contributed by atoms with Crippen LogP contribution in [0.25, 0.3) is 0 Å². The van der Waals surface area contributed by atoms with Crippen LogP contribution in [0.5, 0.6) is 0 Å². The fourth-order valence-corrected chi connectivity index (χ4v) is 4.13. The van der Waals surface area contributed by atoms with Crippen molar-refractivity contribution in [1.82, 2.24) is 9.88 Å². The third-order valence-corrected chi connectivity index (χ3v) is 5.04. The molecule has 88 valence electrons. The molecule has 2 aliphatic heterocycles. The number of carboxylic acid groups (broad SMARTS) is 1. The topological polar surface area (TPSA) is 70.5 Å². The van der Waals surface area contributed by atoms with E-state index in [9.17, 15) is 9.59 Å². The van der Waals surface area contributed by atoms with Gasteiger partial charge >= 0.3 is 5.97 Å². The first-order chi connectivity index (χ1) is 8.16. The van der Waals surface area contributed by atoms with E-state index in [2.05, 4.69) is 4.98 Å². The Bertz CT molecular complexity index is 512. The monoisotopic (exact) mass is 268 g/mol. The van der Waals surface area contributed by atoms with Crippen molar-refractivity contribution in [3.8, 4) is 0 Å². The molecule has 0 radical (unpaired) electrons. The summed E-state index contributed by atoms with van der Waals surface area (Å²) in [6.45, 7) is 0. The van der Waals surface area contributed by atoms with Gasteiger partial charge in [-0.1, -0.05) is 0 Å². The van der Waals surface area contributed by atoms with Crippen LogP contribution >= 0.6 is 23.1 Å². The molecule has 2 aliphatic rings. The minimum Gasteiger partial charge on any atom is -0.477 e. The second-order valence-electron chi connectivity index (χ2n) is 3.71. The van der Waals surface area contributed by atoms with Gasteiger partial charge in [0.2, 0.25) is 5.91 Å². The van der Waals surface area contributed by atoms with Gasteiger partial charge in [0.15, 0.2) is 0 Å². The normalized spacial score (nSPS) is 27.2. The Morgan fingerprint density at radius 1 is 1.59 bits per heavy atom. The van der Waals surface area contributed by atoms with E-state index in [0.29, 0.717) is 6.42 Å². The van der Waals surface area contributed by atoms with Gasteiger partial charge in [0.1, 0.15) is 10.7 Å². The van der Waals surface area contributed by atoms with E-state index in [0.717, 1.165) is 5.01 Å². The number of carbonyl (C=O) groups excluding carboxylic acids is 1. The SMILES string of the molecule is O=C(O)C1=CC(c2nccs2)S[C@@H]2CC(=O)N12. The number of thioether (sulfide) groups is 1. The minimum absolute atomic E-state index is 0.0486. The lowest BCUT2D eigenvalue weighted by Crippen LogP contribution is -2.53. The Morgan fingerprint density at radius 2 is 2.41 bits per heavy atom. The van der Waals surface area contributed by atoms with Crippen LogP contribution in [0, 0.1) is 0 Å². The van der Waals surface area contributed by atoms with Gasteiger partial charge in [-0.2, -0.15) is 0 Å². The summed E-state index contributed by atoms with van der Waals surface area (Å²) in [7, 11) is 0. The maximum Gasteiger partial charge on any atom is 0.352 e. The average Bonchev–Trinajstić information content (AvgIpc) is 2.79. The number of β-lactam (4-membered cyclic amide) rings is 1. The second-order valence-corrected chi connectivity index (χ2v) is 5.96. The van der Waals surface area contributed by atoms with E-state index in [4.69, 9.17) is 5.11 Å². The lowest BCUT2D eigenvalue weighted by atomic mass is 10.1. The molecular weight excluding hydrogens is 260 g/mol. The van der Waals surface area contributed by atoms with E-state index in [1.165, 1.54) is 16.2 Å². The maximum absolute atomic E-state index is 11.4. The Hall–Kier alpha value is -1.34. The van der Waals surface area contributed by atoms with Gasteiger partial charge in [-0.05, 0) is 6.08 Å². The number of fused-ring (bicyclic) bond motifs is 1. The summed E-state index contributed by atoms with van der Waals surface area (Å²) >= 11 is 3.08. The second kappa shape index (κ2) is 3.85. The quantitative estimate of drug-likeness (QED) is 0.822. The van der Waals surface area contributed by atoms with Crippen molar-refractivity contribution < 1.29 is 14.7 Å². The summed E-state index contributed by atoms with van der Waals surface area (Å²) < 4.78 is 0. The molecule has 5 nitrogen and oxygen atoms in total. The highest BCUT2D eigenvalue weighted by atomic mass is 32.2. The zero-order valence-electron chi connectivity index (χ0n) is 8.57. The molecule has 0 bridgehead atoms. The maximum atomic E-state index is 11.4. The summed E-state index contributed by atoms with van der Waals surface area (Å²) in [5.74, 6) is -1.17. The number of carbonyl (C=O) groups is 2. The Kier molecular flexibility index (Phi) is 2.44. The number of thiazole rings is 1. The van der Waals surface area contributed by atoms with Crippen molar-refractivity contribution in [3.05, 3.63) is 28.4 Å². The molecule has 1 N–H and O–H groups in total. The van der Waals surface area contributed by atoms with E-state index >= 15 is 0 Å². The molecule has 0 spiro atoms. The molecule has 1 aromatic rings. The number of hydrogen-bond acceptors (Lipinski definition) is 5. The van der Waals surface area contributed by atoms with Crippen molar-refractivity contribution >= 4 is 35.0 Å². The van der Waals surface area contributed by atoms with Crippen LogP contribution in [0.4, 0.5) is 0 Å². The van der Waals surface area contributed by atoms with Crippen LogP contribution in [-0.4, -0.2) is 32.2 Å². The molecule has 1 aromatic heterocycles. The van der Waals surface area contributed by atoms with Gasteiger partial charge in [0, 0.05) is 11.6 Å².